The van der Waals surface area contributed by atoms with Crippen LogP contribution in [0.4, 0.5) is 5.69 Å². The molecule has 2 aromatic carbocycles. The van der Waals surface area contributed by atoms with Crippen LogP contribution < -0.4 is 15.8 Å². The smallest absolute Gasteiger partial charge is 0.193 e. The lowest BCUT2D eigenvalue weighted by molar-refractivity contribution is 0.295. The zero-order valence-electron chi connectivity index (χ0n) is 16.9. The number of ether oxygens (including phenoxy) is 1. The SMILES string of the molecule is COc1ccccc1C(CN=C(N)Nc1cccc2c1CCCC2)N(C)C.I. The molecule has 1 aliphatic carbocycles. The summed E-state index contributed by atoms with van der Waals surface area (Å²) in [4.78, 5) is 6.77. The molecule has 5 nitrogen and oxygen atoms in total. The van der Waals surface area contributed by atoms with Gasteiger partial charge in [0.15, 0.2) is 5.96 Å². The quantitative estimate of drug-likeness (QED) is 0.359. The van der Waals surface area contributed by atoms with Crippen molar-refractivity contribution in [3.8, 4) is 5.75 Å². The van der Waals surface area contributed by atoms with Gasteiger partial charge in [0, 0.05) is 11.3 Å². The first-order valence-electron chi connectivity index (χ1n) is 9.57. The molecule has 0 saturated carbocycles. The summed E-state index contributed by atoms with van der Waals surface area (Å²) in [7, 11) is 5.79. The number of nitrogens with one attached hydrogen (secondary N) is 1. The monoisotopic (exact) mass is 494 g/mol. The summed E-state index contributed by atoms with van der Waals surface area (Å²) >= 11 is 0. The number of nitrogens with zero attached hydrogens (tertiary/aromatic N) is 2. The highest BCUT2D eigenvalue weighted by Crippen LogP contribution is 2.29. The fourth-order valence-electron chi connectivity index (χ4n) is 3.74. The van der Waals surface area contributed by atoms with Gasteiger partial charge in [-0.25, -0.2) is 0 Å². The van der Waals surface area contributed by atoms with E-state index in [4.69, 9.17) is 10.5 Å². The van der Waals surface area contributed by atoms with Gasteiger partial charge in [0.1, 0.15) is 5.75 Å². The predicted octanol–water partition coefficient (Wildman–Crippen LogP) is 4.22. The second-order valence-electron chi connectivity index (χ2n) is 7.22. The highest BCUT2D eigenvalue weighted by Gasteiger charge is 2.18. The van der Waals surface area contributed by atoms with Crippen LogP contribution in [-0.2, 0) is 12.8 Å². The molecule has 0 bridgehead atoms. The van der Waals surface area contributed by atoms with Crippen LogP contribution in [0.1, 0.15) is 35.6 Å². The molecule has 0 heterocycles. The third kappa shape index (κ3) is 5.38. The molecule has 1 atom stereocenters. The molecule has 2 aromatic rings. The summed E-state index contributed by atoms with van der Waals surface area (Å²) in [5.41, 5.74) is 11.2. The molecule has 1 aliphatic rings. The molecule has 0 saturated heterocycles. The topological polar surface area (TPSA) is 62.9 Å². The second-order valence-corrected chi connectivity index (χ2v) is 7.22. The van der Waals surface area contributed by atoms with Gasteiger partial charge in [0.2, 0.25) is 0 Å². The van der Waals surface area contributed by atoms with E-state index < -0.39 is 0 Å². The zero-order chi connectivity index (χ0) is 19.2. The van der Waals surface area contributed by atoms with Gasteiger partial charge in [-0.2, -0.15) is 0 Å². The van der Waals surface area contributed by atoms with Gasteiger partial charge < -0.3 is 20.7 Å². The van der Waals surface area contributed by atoms with Crippen molar-refractivity contribution in [2.75, 3.05) is 33.1 Å². The largest absolute Gasteiger partial charge is 0.496 e. The first-order chi connectivity index (χ1) is 13.1. The lowest BCUT2D eigenvalue weighted by atomic mass is 9.90. The Balaban J connectivity index is 0.00000280. The van der Waals surface area contributed by atoms with Crippen molar-refractivity contribution in [2.45, 2.75) is 31.7 Å². The van der Waals surface area contributed by atoms with E-state index in [1.54, 1.807) is 7.11 Å². The van der Waals surface area contributed by atoms with E-state index in [1.165, 1.54) is 24.0 Å². The Labute approximate surface area is 185 Å². The van der Waals surface area contributed by atoms with E-state index in [1.807, 2.05) is 32.3 Å². The number of benzene rings is 2. The van der Waals surface area contributed by atoms with Crippen molar-refractivity contribution in [1.82, 2.24) is 4.90 Å². The number of likely N-dealkylation sites (N-methyl/N-ethyl adjacent to an activating group) is 1. The fraction of sp³-hybridized carbons (Fsp3) is 0.409. The van der Waals surface area contributed by atoms with Crippen LogP contribution in [0, 0.1) is 0 Å². The first-order valence-corrected chi connectivity index (χ1v) is 9.57. The molecule has 0 aromatic heterocycles. The molecule has 0 spiro atoms. The summed E-state index contributed by atoms with van der Waals surface area (Å²) < 4.78 is 5.52. The lowest BCUT2D eigenvalue weighted by Gasteiger charge is -2.25. The van der Waals surface area contributed by atoms with Crippen molar-refractivity contribution in [3.63, 3.8) is 0 Å². The average Bonchev–Trinajstić information content (AvgIpc) is 2.68. The number of aliphatic imine (C=N–C) groups is 1. The van der Waals surface area contributed by atoms with Crippen molar-refractivity contribution in [1.29, 1.82) is 0 Å². The lowest BCUT2D eigenvalue weighted by Crippen LogP contribution is -2.28. The molecule has 0 fully saturated rings. The van der Waals surface area contributed by atoms with E-state index in [9.17, 15) is 0 Å². The summed E-state index contributed by atoms with van der Waals surface area (Å²) in [6.07, 6.45) is 4.76. The molecule has 0 amide bonds. The van der Waals surface area contributed by atoms with Gasteiger partial charge in [0.05, 0.1) is 19.7 Å². The second kappa shape index (κ2) is 10.7. The number of rotatable bonds is 6. The van der Waals surface area contributed by atoms with E-state index in [0.29, 0.717) is 12.5 Å². The number of aryl methyl sites for hydroxylation is 1. The van der Waals surface area contributed by atoms with E-state index in [2.05, 4.69) is 39.5 Å². The molecule has 1 unspecified atom stereocenters. The molecule has 152 valence electrons. The van der Waals surface area contributed by atoms with Gasteiger partial charge in [-0.3, -0.25) is 4.99 Å². The predicted molar refractivity (Wildman–Crippen MR) is 128 cm³/mol. The summed E-state index contributed by atoms with van der Waals surface area (Å²) in [5, 5.41) is 3.32. The Hall–Kier alpha value is -1.80. The van der Waals surface area contributed by atoms with Crippen molar-refractivity contribution >= 4 is 35.6 Å². The number of fused-ring (bicyclic) bond motifs is 1. The highest BCUT2D eigenvalue weighted by atomic mass is 127. The molecular weight excluding hydrogens is 463 g/mol. The van der Waals surface area contributed by atoms with Crippen LogP contribution in [0.15, 0.2) is 47.5 Å². The molecular formula is C22H31IN4O. The van der Waals surface area contributed by atoms with Gasteiger partial charge in [0.25, 0.3) is 0 Å². The number of nitrogens with two attached hydrogens (primary N) is 1. The Morgan fingerprint density at radius 2 is 1.89 bits per heavy atom. The maximum atomic E-state index is 6.23. The minimum atomic E-state index is 0. The number of guanidine groups is 1. The number of hydrogen-bond donors (Lipinski definition) is 2. The molecule has 28 heavy (non-hydrogen) atoms. The Kier molecular flexibility index (Phi) is 8.57. The number of methoxy groups -OCH3 is 1. The van der Waals surface area contributed by atoms with Gasteiger partial charge in [-0.15, -0.1) is 24.0 Å². The maximum Gasteiger partial charge on any atom is 0.193 e. The number of para-hydroxylation sites is 1. The van der Waals surface area contributed by atoms with E-state index in [0.717, 1.165) is 29.8 Å². The third-order valence-corrected chi connectivity index (χ3v) is 5.21. The maximum absolute atomic E-state index is 6.23. The Morgan fingerprint density at radius 3 is 2.64 bits per heavy atom. The van der Waals surface area contributed by atoms with E-state index in [-0.39, 0.29) is 30.0 Å². The van der Waals surface area contributed by atoms with Crippen LogP contribution in [0.25, 0.3) is 0 Å². The van der Waals surface area contributed by atoms with Crippen LogP contribution in [0.3, 0.4) is 0 Å². The molecule has 3 N–H and O–H groups in total. The minimum absolute atomic E-state index is 0. The summed E-state index contributed by atoms with van der Waals surface area (Å²) in [6.45, 7) is 0.557. The van der Waals surface area contributed by atoms with Crippen LogP contribution in [-0.4, -0.2) is 38.6 Å². The fourth-order valence-corrected chi connectivity index (χ4v) is 3.74. The van der Waals surface area contributed by atoms with Crippen molar-refractivity contribution in [3.05, 3.63) is 59.2 Å². The first kappa shape index (κ1) is 22.5. The van der Waals surface area contributed by atoms with Crippen molar-refractivity contribution in [2.24, 2.45) is 10.7 Å². The van der Waals surface area contributed by atoms with Crippen molar-refractivity contribution < 1.29 is 4.74 Å². The molecule has 3 rings (SSSR count). The molecule has 6 heteroatoms. The summed E-state index contributed by atoms with van der Waals surface area (Å²) in [5.74, 6) is 1.32. The van der Waals surface area contributed by atoms with Gasteiger partial charge in [-0.05, 0) is 63.0 Å². The zero-order valence-corrected chi connectivity index (χ0v) is 19.3. The van der Waals surface area contributed by atoms with Gasteiger partial charge >= 0.3 is 0 Å². The highest BCUT2D eigenvalue weighted by molar-refractivity contribution is 14.0. The van der Waals surface area contributed by atoms with Crippen LogP contribution in [0.5, 0.6) is 5.75 Å². The number of anilines is 1. The average molecular weight is 494 g/mol. The number of halogens is 1. The standard InChI is InChI=1S/C22H30N4O.HI/c1-26(2)20(18-12-6-7-14-21(18)27-3)15-24-22(23)25-19-13-8-10-16-9-4-5-11-17(16)19;/h6-8,10,12-14,20H,4-5,9,11,15H2,1-3H3,(H3,23,24,25);1H. The minimum Gasteiger partial charge on any atom is -0.496 e. The van der Waals surface area contributed by atoms with Crippen LogP contribution >= 0.6 is 24.0 Å². The Bertz CT molecular complexity index is 807. The normalized spacial score (nSPS) is 14.8. The molecule has 0 aliphatic heterocycles. The van der Waals surface area contributed by atoms with Gasteiger partial charge in [-0.1, -0.05) is 30.3 Å². The summed E-state index contributed by atoms with van der Waals surface area (Å²) in [6, 6.07) is 14.6. The Morgan fingerprint density at radius 1 is 1.14 bits per heavy atom. The van der Waals surface area contributed by atoms with E-state index >= 15 is 0 Å². The van der Waals surface area contributed by atoms with Crippen LogP contribution in [0.2, 0.25) is 0 Å². The molecule has 0 radical (unpaired) electrons. The third-order valence-electron chi connectivity index (χ3n) is 5.21. The number of hydrogen-bond acceptors (Lipinski definition) is 3.